The third-order valence-electron chi connectivity index (χ3n) is 5.39. The van der Waals surface area contributed by atoms with Gasteiger partial charge in [-0.25, -0.2) is 5.01 Å². The van der Waals surface area contributed by atoms with Crippen LogP contribution in [0.2, 0.25) is 0 Å². The lowest BCUT2D eigenvalue weighted by Gasteiger charge is -2.17. The van der Waals surface area contributed by atoms with Gasteiger partial charge in [-0.3, -0.25) is 9.36 Å². The number of thioether (sulfide) groups is 1. The molecule has 2 atom stereocenters. The van der Waals surface area contributed by atoms with E-state index < -0.39 is 41.1 Å². The number of nitrogens with zero attached hydrogens (tertiary/aromatic N) is 6. The van der Waals surface area contributed by atoms with Crippen molar-refractivity contribution in [2.75, 3.05) is 5.01 Å². The van der Waals surface area contributed by atoms with Crippen molar-refractivity contribution < 1.29 is 26.3 Å². The molecule has 2 N–H and O–H groups in total. The summed E-state index contributed by atoms with van der Waals surface area (Å²) in [6.45, 7) is 5.18. The fourth-order valence-corrected chi connectivity index (χ4v) is 4.71. The van der Waals surface area contributed by atoms with Gasteiger partial charge in [0, 0.05) is 18.0 Å². The number of aromatic nitrogens is 4. The Morgan fingerprint density at radius 3 is 2.34 bits per heavy atom. The van der Waals surface area contributed by atoms with Crippen LogP contribution in [0.5, 0.6) is 0 Å². The topological polar surface area (TPSA) is 77.3 Å². The largest absolute Gasteiger partial charge is 0.416 e. The predicted octanol–water partition coefficient (Wildman–Crippen LogP) is 5.15. The van der Waals surface area contributed by atoms with E-state index in [1.807, 2.05) is 31.5 Å². The van der Waals surface area contributed by atoms with Gasteiger partial charge in [0.1, 0.15) is 5.04 Å². The van der Waals surface area contributed by atoms with Crippen molar-refractivity contribution >= 4 is 22.6 Å². The van der Waals surface area contributed by atoms with Gasteiger partial charge in [0.15, 0.2) is 11.3 Å². The van der Waals surface area contributed by atoms with Gasteiger partial charge in [0.25, 0.3) is 0 Å². The first kappa shape index (κ1) is 25.1. The van der Waals surface area contributed by atoms with Crippen LogP contribution in [0.3, 0.4) is 0 Å². The zero-order valence-corrected chi connectivity index (χ0v) is 19.6. The minimum atomic E-state index is -4.82. The average molecular weight is 518 g/mol. The molecule has 1 aromatic carbocycles. The number of anilines is 1. The fourth-order valence-electron chi connectivity index (χ4n) is 3.78. The summed E-state index contributed by atoms with van der Waals surface area (Å²) in [7, 11) is 0. The normalized spacial score (nSPS) is 17.7. The minimum absolute atomic E-state index is 0.216. The third-order valence-corrected chi connectivity index (χ3v) is 6.49. The Morgan fingerprint density at radius 1 is 1.03 bits per heavy atom. The van der Waals surface area contributed by atoms with E-state index in [0.717, 1.165) is 16.1 Å². The van der Waals surface area contributed by atoms with Crippen molar-refractivity contribution in [3.05, 3.63) is 64.6 Å². The number of hydrazone groups is 1. The maximum atomic E-state index is 13.4. The molecule has 4 rings (SSSR count). The van der Waals surface area contributed by atoms with E-state index >= 15 is 0 Å². The molecule has 0 amide bonds. The summed E-state index contributed by atoms with van der Waals surface area (Å²) in [5, 5.41) is 15.3. The number of aryl methyl sites for hydroxylation is 2. The van der Waals surface area contributed by atoms with Crippen LogP contribution in [-0.4, -0.2) is 30.1 Å². The molecule has 3 aromatic rings. The number of hydrogen-bond donors (Lipinski definition) is 1. The van der Waals surface area contributed by atoms with Crippen molar-refractivity contribution in [1.29, 1.82) is 0 Å². The molecule has 14 heteroatoms. The van der Waals surface area contributed by atoms with Crippen molar-refractivity contribution in [1.82, 2.24) is 19.6 Å². The smallest absolute Gasteiger partial charge is 0.301 e. The second-order valence-electron chi connectivity index (χ2n) is 8.08. The van der Waals surface area contributed by atoms with E-state index in [4.69, 9.17) is 5.73 Å². The number of rotatable bonds is 5. The van der Waals surface area contributed by atoms with Crippen molar-refractivity contribution in [2.45, 2.75) is 51.2 Å². The molecule has 0 saturated heterocycles. The Bertz CT molecular complexity index is 1260. The Kier molecular flexibility index (Phi) is 6.38. The molecule has 3 heterocycles. The maximum absolute atomic E-state index is 13.4. The van der Waals surface area contributed by atoms with E-state index in [0.29, 0.717) is 23.2 Å². The van der Waals surface area contributed by atoms with Crippen LogP contribution in [0, 0.1) is 13.8 Å². The van der Waals surface area contributed by atoms with E-state index in [1.165, 1.54) is 29.0 Å². The van der Waals surface area contributed by atoms with Crippen LogP contribution in [-0.2, 0) is 18.9 Å². The quantitative estimate of drug-likeness (QED) is 0.474. The second-order valence-corrected chi connectivity index (χ2v) is 9.21. The van der Waals surface area contributed by atoms with Crippen molar-refractivity contribution in [3.8, 4) is 0 Å². The Hall–Kier alpha value is -3.00. The van der Waals surface area contributed by atoms with Crippen molar-refractivity contribution in [2.24, 2.45) is 10.8 Å². The van der Waals surface area contributed by atoms with Gasteiger partial charge in [0.2, 0.25) is 0 Å². The molecule has 0 spiro atoms. The molecule has 1 aliphatic heterocycles. The second kappa shape index (κ2) is 8.90. The summed E-state index contributed by atoms with van der Waals surface area (Å²) >= 11 is 1.28. The van der Waals surface area contributed by atoms with Gasteiger partial charge in [-0.05, 0) is 50.6 Å². The molecular weight excluding hydrogens is 496 g/mol. The lowest BCUT2D eigenvalue weighted by molar-refractivity contribution is -0.141. The summed E-state index contributed by atoms with van der Waals surface area (Å²) < 4.78 is 82.4. The molecular formula is C21H21F6N7S. The zero-order chi connectivity index (χ0) is 25.7. The van der Waals surface area contributed by atoms with Crippen LogP contribution in [0.15, 0.2) is 41.6 Å². The van der Waals surface area contributed by atoms with Gasteiger partial charge in [-0.1, -0.05) is 11.8 Å². The lowest BCUT2D eigenvalue weighted by atomic mass is 10.0. The number of nitrogens with two attached hydrogens (primary N) is 1. The number of benzene rings is 1. The summed E-state index contributed by atoms with van der Waals surface area (Å²) in [6, 6.07) is 4.55. The Balaban J connectivity index is 1.60. The molecule has 2 aromatic heterocycles. The first-order valence-electron chi connectivity index (χ1n) is 10.4. The molecule has 0 fully saturated rings. The van der Waals surface area contributed by atoms with Crippen molar-refractivity contribution in [3.63, 3.8) is 0 Å². The number of halogens is 6. The molecule has 1 aliphatic rings. The molecule has 35 heavy (non-hydrogen) atoms. The summed E-state index contributed by atoms with van der Waals surface area (Å²) in [5.41, 5.74) is 4.46. The number of alkyl halides is 6. The third kappa shape index (κ3) is 5.17. The Morgan fingerprint density at radius 2 is 1.74 bits per heavy atom. The van der Waals surface area contributed by atoms with E-state index in [-0.39, 0.29) is 11.9 Å². The minimum Gasteiger partial charge on any atom is -0.301 e. The van der Waals surface area contributed by atoms with Gasteiger partial charge < -0.3 is 5.73 Å². The van der Waals surface area contributed by atoms with Gasteiger partial charge in [-0.15, -0.1) is 0 Å². The van der Waals surface area contributed by atoms with Crippen LogP contribution in [0.25, 0.3) is 0 Å². The SMILES string of the molecule is Cc1cc(C)n(C(C)C2=NN(c3ccn(Cc4cc(C(F)(F)F)ccc4C(F)(F)F)n3)C(N)S2)n1. The standard InChI is InChI=1S/C21H21F6N7S/c1-11-8-12(2)33(29-11)13(3)18-31-34(19(28)35-18)17-6-7-32(30-17)10-14-9-15(20(22,23)24)4-5-16(14)21(25,26)27/h4-9,13,19H,10,28H2,1-3H3. The van der Waals surface area contributed by atoms with Crippen LogP contribution < -0.4 is 10.7 Å². The fraction of sp³-hybridized carbons (Fsp3) is 0.381. The highest BCUT2D eigenvalue weighted by Crippen LogP contribution is 2.37. The predicted molar refractivity (Wildman–Crippen MR) is 120 cm³/mol. The monoisotopic (exact) mass is 517 g/mol. The summed E-state index contributed by atoms with van der Waals surface area (Å²) in [4.78, 5) is 0. The highest BCUT2D eigenvalue weighted by Gasteiger charge is 2.37. The molecule has 0 bridgehead atoms. The Labute approximate surface area is 200 Å². The van der Waals surface area contributed by atoms with Crippen LogP contribution >= 0.6 is 11.8 Å². The van der Waals surface area contributed by atoms with E-state index in [1.54, 1.807) is 0 Å². The summed E-state index contributed by atoms with van der Waals surface area (Å²) in [5.74, 6) is 0.251. The zero-order valence-electron chi connectivity index (χ0n) is 18.8. The highest BCUT2D eigenvalue weighted by atomic mass is 32.2. The number of hydrogen-bond acceptors (Lipinski definition) is 6. The molecule has 188 valence electrons. The highest BCUT2D eigenvalue weighted by molar-refractivity contribution is 8.14. The van der Waals surface area contributed by atoms with Gasteiger partial charge >= 0.3 is 12.4 Å². The van der Waals surface area contributed by atoms with Crippen LogP contribution in [0.1, 0.15) is 41.0 Å². The molecule has 2 unspecified atom stereocenters. The van der Waals surface area contributed by atoms with E-state index in [9.17, 15) is 26.3 Å². The maximum Gasteiger partial charge on any atom is 0.416 e. The first-order valence-corrected chi connectivity index (χ1v) is 11.3. The van der Waals surface area contributed by atoms with E-state index in [2.05, 4.69) is 15.3 Å². The van der Waals surface area contributed by atoms with Crippen LogP contribution in [0.4, 0.5) is 32.2 Å². The molecule has 0 aliphatic carbocycles. The van der Waals surface area contributed by atoms with Gasteiger partial charge in [0.05, 0.1) is 29.4 Å². The molecule has 7 nitrogen and oxygen atoms in total. The van der Waals surface area contributed by atoms with Gasteiger partial charge in [-0.2, -0.15) is 41.6 Å². The summed E-state index contributed by atoms with van der Waals surface area (Å²) in [6.07, 6.45) is -8.23. The molecule has 0 radical (unpaired) electrons. The molecule has 0 saturated carbocycles. The average Bonchev–Trinajstić information content (AvgIpc) is 3.44. The first-order chi connectivity index (χ1) is 16.2. The lowest BCUT2D eigenvalue weighted by Crippen LogP contribution is -2.32.